The Morgan fingerprint density at radius 2 is 2.12 bits per heavy atom. The Morgan fingerprint density at radius 3 is 2.80 bits per heavy atom. The lowest BCUT2D eigenvalue weighted by molar-refractivity contribution is 0.221. The minimum Gasteiger partial charge on any atom is -0.490 e. The molecule has 0 N–H and O–H groups in total. The monoisotopic (exact) mass is 344 g/mol. The first kappa shape index (κ1) is 17.8. The number of benzene rings is 1. The highest BCUT2D eigenvalue weighted by atomic mass is 16.5. The van der Waals surface area contributed by atoms with Gasteiger partial charge in [0.15, 0.2) is 11.5 Å². The third-order valence-corrected chi connectivity index (χ3v) is 4.41. The number of nitrogens with zero attached hydrogens (tertiary/aromatic N) is 2. The third kappa shape index (κ3) is 4.34. The Labute approximate surface area is 149 Å². The van der Waals surface area contributed by atoms with E-state index in [1.807, 2.05) is 39.8 Å². The van der Waals surface area contributed by atoms with Gasteiger partial charge in [0.05, 0.1) is 18.8 Å². The van der Waals surface area contributed by atoms with Gasteiger partial charge in [-0.05, 0) is 64.8 Å². The van der Waals surface area contributed by atoms with Crippen molar-refractivity contribution in [1.82, 2.24) is 10.1 Å². The lowest BCUT2D eigenvalue weighted by Crippen LogP contribution is -2.23. The van der Waals surface area contributed by atoms with E-state index in [1.54, 1.807) is 0 Å². The topological polar surface area (TPSA) is 47.7 Å². The molecule has 0 aliphatic carbocycles. The summed E-state index contributed by atoms with van der Waals surface area (Å²) in [4.78, 5) is 2.46. The number of likely N-dealkylation sites (tertiary alicyclic amines) is 1. The maximum atomic E-state index is 5.86. The zero-order chi connectivity index (χ0) is 17.8. The number of hydrogen-bond donors (Lipinski definition) is 0. The zero-order valence-corrected chi connectivity index (χ0v) is 15.6. The van der Waals surface area contributed by atoms with E-state index in [2.05, 4.69) is 22.2 Å². The smallest absolute Gasteiger partial charge is 0.161 e. The van der Waals surface area contributed by atoms with Crippen molar-refractivity contribution >= 4 is 0 Å². The molecule has 1 aliphatic heterocycles. The molecule has 0 saturated carbocycles. The Kier molecular flexibility index (Phi) is 5.63. The second kappa shape index (κ2) is 7.91. The molecule has 1 unspecified atom stereocenters. The number of hydrogen-bond acceptors (Lipinski definition) is 5. The van der Waals surface area contributed by atoms with Gasteiger partial charge in [-0.15, -0.1) is 0 Å². The summed E-state index contributed by atoms with van der Waals surface area (Å²) in [6, 6.07) is 8.63. The molecule has 1 saturated heterocycles. The van der Waals surface area contributed by atoms with E-state index in [-0.39, 0.29) is 6.10 Å². The van der Waals surface area contributed by atoms with Crippen LogP contribution >= 0.6 is 0 Å². The van der Waals surface area contributed by atoms with Crippen LogP contribution in [0.1, 0.15) is 56.7 Å². The quantitative estimate of drug-likeness (QED) is 0.740. The lowest BCUT2D eigenvalue weighted by Gasteiger charge is -2.23. The van der Waals surface area contributed by atoms with Crippen molar-refractivity contribution in [3.05, 3.63) is 41.3 Å². The van der Waals surface area contributed by atoms with Crippen LogP contribution in [0.3, 0.4) is 0 Å². The molecule has 136 valence electrons. The minimum atomic E-state index is 0.128. The molecule has 0 spiro atoms. The van der Waals surface area contributed by atoms with Crippen LogP contribution in [0.4, 0.5) is 0 Å². The van der Waals surface area contributed by atoms with Crippen LogP contribution in [0.5, 0.6) is 11.5 Å². The Morgan fingerprint density at radius 1 is 1.28 bits per heavy atom. The largest absolute Gasteiger partial charge is 0.490 e. The molecular weight excluding hydrogens is 316 g/mol. The molecule has 0 bridgehead atoms. The maximum absolute atomic E-state index is 5.86. The first-order valence-corrected chi connectivity index (χ1v) is 9.16. The molecule has 5 heteroatoms. The number of rotatable bonds is 7. The molecular formula is C20H28N2O3. The predicted molar refractivity (Wildman–Crippen MR) is 97.0 cm³/mol. The summed E-state index contributed by atoms with van der Waals surface area (Å²) >= 11 is 0. The zero-order valence-electron chi connectivity index (χ0n) is 15.6. The van der Waals surface area contributed by atoms with Crippen molar-refractivity contribution in [2.75, 3.05) is 13.2 Å². The van der Waals surface area contributed by atoms with E-state index < -0.39 is 0 Å². The van der Waals surface area contributed by atoms with Gasteiger partial charge in [0.1, 0.15) is 11.5 Å². The van der Waals surface area contributed by atoms with E-state index in [0.29, 0.717) is 12.6 Å². The van der Waals surface area contributed by atoms with Crippen LogP contribution in [0.2, 0.25) is 0 Å². The first-order chi connectivity index (χ1) is 12.1. The molecule has 0 radical (unpaired) electrons. The van der Waals surface area contributed by atoms with Gasteiger partial charge in [-0.25, -0.2) is 0 Å². The van der Waals surface area contributed by atoms with Crippen LogP contribution in [-0.2, 0) is 6.54 Å². The maximum Gasteiger partial charge on any atom is 0.161 e. The average Bonchev–Trinajstić information content (AvgIpc) is 3.18. The summed E-state index contributed by atoms with van der Waals surface area (Å²) in [6.45, 7) is 10.6. The molecule has 2 heterocycles. The summed E-state index contributed by atoms with van der Waals surface area (Å²) in [6.07, 6.45) is 2.44. The van der Waals surface area contributed by atoms with Crippen LogP contribution in [0.25, 0.3) is 0 Å². The van der Waals surface area contributed by atoms with Gasteiger partial charge in [-0.3, -0.25) is 4.90 Å². The summed E-state index contributed by atoms with van der Waals surface area (Å²) < 4.78 is 16.9. The molecule has 1 fully saturated rings. The molecule has 3 rings (SSSR count). The summed E-state index contributed by atoms with van der Waals surface area (Å²) in [7, 11) is 0. The summed E-state index contributed by atoms with van der Waals surface area (Å²) in [5.41, 5.74) is 2.27. The van der Waals surface area contributed by atoms with Crippen molar-refractivity contribution in [3.63, 3.8) is 0 Å². The van der Waals surface area contributed by atoms with Crippen LogP contribution < -0.4 is 9.47 Å². The Hall–Kier alpha value is -2.01. The molecule has 5 nitrogen and oxygen atoms in total. The Bertz CT molecular complexity index is 696. The molecule has 1 aliphatic rings. The number of aromatic nitrogens is 1. The fourth-order valence-corrected chi connectivity index (χ4v) is 3.40. The molecule has 0 amide bonds. The van der Waals surface area contributed by atoms with E-state index in [1.165, 1.54) is 12.0 Å². The molecule has 1 aromatic carbocycles. The molecule has 1 atom stereocenters. The molecule has 2 aromatic rings. The van der Waals surface area contributed by atoms with Gasteiger partial charge < -0.3 is 14.0 Å². The van der Waals surface area contributed by atoms with Crippen LogP contribution in [0, 0.1) is 6.92 Å². The normalized spacial score (nSPS) is 18.0. The van der Waals surface area contributed by atoms with Gasteiger partial charge in [0.25, 0.3) is 0 Å². The van der Waals surface area contributed by atoms with E-state index in [4.69, 9.17) is 14.0 Å². The van der Waals surface area contributed by atoms with Crippen molar-refractivity contribution in [1.29, 1.82) is 0 Å². The minimum absolute atomic E-state index is 0.128. The average molecular weight is 344 g/mol. The lowest BCUT2D eigenvalue weighted by atomic mass is 10.1. The number of aryl methyl sites for hydroxylation is 1. The highest BCUT2D eigenvalue weighted by molar-refractivity contribution is 5.43. The second-order valence-corrected chi connectivity index (χ2v) is 6.87. The van der Waals surface area contributed by atoms with E-state index in [9.17, 15) is 0 Å². The van der Waals surface area contributed by atoms with Gasteiger partial charge in [-0.2, -0.15) is 0 Å². The van der Waals surface area contributed by atoms with Gasteiger partial charge in [0.2, 0.25) is 0 Å². The summed E-state index contributed by atoms with van der Waals surface area (Å²) in [5, 5.41) is 4.22. The number of ether oxygens (including phenoxy) is 2. The predicted octanol–water partition coefficient (Wildman–Crippen LogP) is 4.51. The van der Waals surface area contributed by atoms with Crippen molar-refractivity contribution in [3.8, 4) is 11.5 Å². The third-order valence-electron chi connectivity index (χ3n) is 4.41. The van der Waals surface area contributed by atoms with Gasteiger partial charge in [-0.1, -0.05) is 11.2 Å². The van der Waals surface area contributed by atoms with Crippen molar-refractivity contribution in [2.24, 2.45) is 0 Å². The van der Waals surface area contributed by atoms with E-state index >= 15 is 0 Å². The van der Waals surface area contributed by atoms with Gasteiger partial charge >= 0.3 is 0 Å². The second-order valence-electron chi connectivity index (χ2n) is 6.87. The van der Waals surface area contributed by atoms with E-state index in [0.717, 1.165) is 42.5 Å². The van der Waals surface area contributed by atoms with Crippen molar-refractivity contribution < 1.29 is 14.0 Å². The fourth-order valence-electron chi connectivity index (χ4n) is 3.40. The Balaban J connectivity index is 1.76. The SMILES string of the molecule is CCOc1cc(CN2CCCC2c2cc(C)on2)ccc1OC(C)C. The summed E-state index contributed by atoms with van der Waals surface area (Å²) in [5.74, 6) is 2.50. The standard InChI is InChI=1S/C20H28N2O3/c1-5-23-20-12-16(8-9-19(20)24-14(2)3)13-22-10-6-7-18(22)17-11-15(4)25-21-17/h8-9,11-12,14,18H,5-7,10,13H2,1-4H3. The molecule has 1 aromatic heterocycles. The van der Waals surface area contributed by atoms with Crippen LogP contribution in [-0.4, -0.2) is 29.3 Å². The molecule has 25 heavy (non-hydrogen) atoms. The first-order valence-electron chi connectivity index (χ1n) is 9.16. The van der Waals surface area contributed by atoms with Crippen LogP contribution in [0.15, 0.2) is 28.8 Å². The van der Waals surface area contributed by atoms with Crippen molar-refractivity contribution in [2.45, 2.75) is 59.2 Å². The van der Waals surface area contributed by atoms with Gasteiger partial charge in [0, 0.05) is 12.6 Å². The highest BCUT2D eigenvalue weighted by Gasteiger charge is 2.28. The highest BCUT2D eigenvalue weighted by Crippen LogP contribution is 2.35. The fraction of sp³-hybridized carbons (Fsp3) is 0.550.